The summed E-state index contributed by atoms with van der Waals surface area (Å²) in [5.41, 5.74) is 2.13. The summed E-state index contributed by atoms with van der Waals surface area (Å²) in [7, 11) is 0. The molecule has 1 unspecified atom stereocenters. The molecule has 1 atom stereocenters. The Hall–Kier alpha value is -1.51. The Morgan fingerprint density at radius 3 is 2.67 bits per heavy atom. The number of anilines is 1. The Morgan fingerprint density at radius 2 is 2.00 bits per heavy atom. The SMILES string of the molecule is CC1CCN(C(=O)NC(C)(C)C)c2ccccc21. The van der Waals surface area contributed by atoms with E-state index < -0.39 is 0 Å². The molecule has 1 aliphatic heterocycles. The van der Waals surface area contributed by atoms with E-state index in [1.54, 1.807) is 0 Å². The smallest absolute Gasteiger partial charge is 0.322 e. The topological polar surface area (TPSA) is 32.3 Å². The number of fused-ring (bicyclic) bond motifs is 1. The molecular weight excluding hydrogens is 224 g/mol. The zero-order chi connectivity index (χ0) is 13.3. The van der Waals surface area contributed by atoms with Crippen LogP contribution in [-0.2, 0) is 0 Å². The summed E-state index contributed by atoms with van der Waals surface area (Å²) in [5, 5.41) is 3.03. The van der Waals surface area contributed by atoms with Gasteiger partial charge in [-0.1, -0.05) is 25.1 Å². The molecule has 0 radical (unpaired) electrons. The van der Waals surface area contributed by atoms with Crippen LogP contribution in [-0.4, -0.2) is 18.1 Å². The van der Waals surface area contributed by atoms with Gasteiger partial charge in [0.05, 0.1) is 0 Å². The van der Waals surface area contributed by atoms with Crippen molar-refractivity contribution < 1.29 is 4.79 Å². The van der Waals surface area contributed by atoms with Crippen molar-refractivity contribution in [1.82, 2.24) is 5.32 Å². The lowest BCUT2D eigenvalue weighted by Gasteiger charge is -2.35. The van der Waals surface area contributed by atoms with Gasteiger partial charge in [0.15, 0.2) is 0 Å². The highest BCUT2D eigenvalue weighted by molar-refractivity contribution is 5.93. The Morgan fingerprint density at radius 1 is 1.33 bits per heavy atom. The average molecular weight is 246 g/mol. The molecule has 1 aromatic rings. The Bertz CT molecular complexity index is 448. The molecule has 2 rings (SSSR count). The van der Waals surface area contributed by atoms with E-state index in [2.05, 4.69) is 18.3 Å². The summed E-state index contributed by atoms with van der Waals surface area (Å²) in [6.07, 6.45) is 1.02. The molecule has 0 aliphatic carbocycles. The number of nitrogens with one attached hydrogen (secondary N) is 1. The van der Waals surface area contributed by atoms with Gasteiger partial charge < -0.3 is 5.32 Å². The lowest BCUT2D eigenvalue weighted by atomic mass is 9.92. The van der Waals surface area contributed by atoms with Crippen molar-refractivity contribution in [3.05, 3.63) is 29.8 Å². The highest BCUT2D eigenvalue weighted by Crippen LogP contribution is 2.34. The van der Waals surface area contributed by atoms with E-state index in [0.717, 1.165) is 18.7 Å². The average Bonchev–Trinajstić information content (AvgIpc) is 2.27. The van der Waals surface area contributed by atoms with E-state index in [4.69, 9.17) is 0 Å². The van der Waals surface area contributed by atoms with Crippen molar-refractivity contribution in [3.8, 4) is 0 Å². The van der Waals surface area contributed by atoms with Gasteiger partial charge in [0.2, 0.25) is 0 Å². The van der Waals surface area contributed by atoms with Crippen LogP contribution in [0.5, 0.6) is 0 Å². The molecule has 3 nitrogen and oxygen atoms in total. The fourth-order valence-electron chi connectivity index (χ4n) is 2.35. The minimum Gasteiger partial charge on any atom is -0.333 e. The molecule has 0 fully saturated rings. The van der Waals surface area contributed by atoms with Gasteiger partial charge in [0.25, 0.3) is 0 Å². The number of carbonyl (C=O) groups excluding carboxylic acids is 1. The minimum atomic E-state index is -0.199. The minimum absolute atomic E-state index is 0.00171. The predicted molar refractivity (Wildman–Crippen MR) is 75.1 cm³/mol. The van der Waals surface area contributed by atoms with E-state index in [0.29, 0.717) is 5.92 Å². The van der Waals surface area contributed by atoms with Crippen molar-refractivity contribution in [2.45, 2.75) is 45.6 Å². The summed E-state index contributed by atoms with van der Waals surface area (Å²) in [5.74, 6) is 0.528. The molecule has 18 heavy (non-hydrogen) atoms. The van der Waals surface area contributed by atoms with Crippen LogP contribution >= 0.6 is 0 Å². The zero-order valence-electron chi connectivity index (χ0n) is 11.7. The first-order chi connectivity index (χ1) is 8.38. The first kappa shape index (κ1) is 12.9. The first-order valence-corrected chi connectivity index (χ1v) is 6.57. The van der Waals surface area contributed by atoms with E-state index in [-0.39, 0.29) is 11.6 Å². The molecule has 0 spiro atoms. The van der Waals surface area contributed by atoms with Crippen molar-refractivity contribution in [1.29, 1.82) is 0 Å². The van der Waals surface area contributed by atoms with Gasteiger partial charge in [-0.3, -0.25) is 4.90 Å². The van der Waals surface area contributed by atoms with Crippen LogP contribution in [0.25, 0.3) is 0 Å². The third-order valence-electron chi connectivity index (χ3n) is 3.27. The van der Waals surface area contributed by atoms with Gasteiger partial charge in [-0.25, -0.2) is 4.79 Å². The molecule has 2 amide bonds. The number of hydrogen-bond donors (Lipinski definition) is 1. The Balaban J connectivity index is 2.26. The van der Waals surface area contributed by atoms with Gasteiger partial charge in [-0.2, -0.15) is 0 Å². The number of rotatable bonds is 0. The van der Waals surface area contributed by atoms with Crippen LogP contribution < -0.4 is 10.2 Å². The molecule has 98 valence electrons. The highest BCUT2D eigenvalue weighted by atomic mass is 16.2. The molecular formula is C15H22N2O. The fourth-order valence-corrected chi connectivity index (χ4v) is 2.35. The molecule has 1 aromatic carbocycles. The van der Waals surface area contributed by atoms with Gasteiger partial charge in [-0.15, -0.1) is 0 Å². The maximum Gasteiger partial charge on any atom is 0.322 e. The third-order valence-corrected chi connectivity index (χ3v) is 3.27. The maximum atomic E-state index is 12.3. The second kappa shape index (κ2) is 4.63. The summed E-state index contributed by atoms with van der Waals surface area (Å²) in [4.78, 5) is 14.2. The van der Waals surface area contributed by atoms with Crippen LogP contribution in [0.1, 0.15) is 45.6 Å². The monoisotopic (exact) mass is 246 g/mol. The fraction of sp³-hybridized carbons (Fsp3) is 0.533. The summed E-state index contributed by atoms with van der Waals surface area (Å²) < 4.78 is 0. The number of nitrogens with zero attached hydrogens (tertiary/aromatic N) is 1. The summed E-state index contributed by atoms with van der Waals surface area (Å²) in [6.45, 7) is 9.02. The molecule has 0 saturated carbocycles. The third kappa shape index (κ3) is 2.66. The number of carbonyl (C=O) groups is 1. The van der Waals surface area contributed by atoms with Crippen molar-refractivity contribution >= 4 is 11.7 Å². The summed E-state index contributed by atoms with van der Waals surface area (Å²) >= 11 is 0. The second-order valence-electron chi connectivity index (χ2n) is 6.08. The molecule has 1 aliphatic rings. The second-order valence-corrected chi connectivity index (χ2v) is 6.08. The first-order valence-electron chi connectivity index (χ1n) is 6.57. The molecule has 0 saturated heterocycles. The van der Waals surface area contributed by atoms with E-state index in [1.165, 1.54) is 5.56 Å². The van der Waals surface area contributed by atoms with E-state index >= 15 is 0 Å². The zero-order valence-corrected chi connectivity index (χ0v) is 11.7. The van der Waals surface area contributed by atoms with Crippen LogP contribution in [0.4, 0.5) is 10.5 Å². The summed E-state index contributed by atoms with van der Waals surface area (Å²) in [6, 6.07) is 8.19. The van der Waals surface area contributed by atoms with Gasteiger partial charge in [0, 0.05) is 17.8 Å². The highest BCUT2D eigenvalue weighted by Gasteiger charge is 2.27. The van der Waals surface area contributed by atoms with Crippen molar-refractivity contribution in [2.24, 2.45) is 0 Å². The predicted octanol–water partition coefficient (Wildman–Crippen LogP) is 3.51. The molecule has 1 heterocycles. The van der Waals surface area contributed by atoms with Gasteiger partial charge in [0.1, 0.15) is 0 Å². The van der Waals surface area contributed by atoms with Crippen LogP contribution in [0, 0.1) is 0 Å². The van der Waals surface area contributed by atoms with E-state index in [1.807, 2.05) is 43.9 Å². The molecule has 3 heteroatoms. The number of amides is 2. The van der Waals surface area contributed by atoms with Crippen molar-refractivity contribution in [2.75, 3.05) is 11.4 Å². The Labute approximate surface area is 109 Å². The normalized spacial score (nSPS) is 19.3. The quantitative estimate of drug-likeness (QED) is 0.746. The molecule has 1 N–H and O–H groups in total. The molecule has 0 bridgehead atoms. The lowest BCUT2D eigenvalue weighted by molar-refractivity contribution is 0.237. The maximum absolute atomic E-state index is 12.3. The molecule has 0 aromatic heterocycles. The van der Waals surface area contributed by atoms with Crippen LogP contribution in [0.2, 0.25) is 0 Å². The van der Waals surface area contributed by atoms with Crippen LogP contribution in [0.15, 0.2) is 24.3 Å². The number of urea groups is 1. The van der Waals surface area contributed by atoms with Crippen LogP contribution in [0.3, 0.4) is 0 Å². The number of benzene rings is 1. The largest absolute Gasteiger partial charge is 0.333 e. The lowest BCUT2D eigenvalue weighted by Crippen LogP contribution is -2.50. The standard InChI is InChI=1S/C15H22N2O/c1-11-9-10-17(14(18)16-15(2,3)4)13-8-6-5-7-12(11)13/h5-8,11H,9-10H2,1-4H3,(H,16,18). The number of para-hydroxylation sites is 1. The Kier molecular flexibility index (Phi) is 3.33. The van der Waals surface area contributed by atoms with Gasteiger partial charge in [-0.05, 0) is 44.7 Å². The number of hydrogen-bond acceptors (Lipinski definition) is 1. The van der Waals surface area contributed by atoms with E-state index in [9.17, 15) is 4.79 Å². The van der Waals surface area contributed by atoms with Gasteiger partial charge >= 0.3 is 6.03 Å². The van der Waals surface area contributed by atoms with Crippen molar-refractivity contribution in [3.63, 3.8) is 0 Å².